The first-order valence-electron chi connectivity index (χ1n) is 12.6. The van der Waals surface area contributed by atoms with E-state index in [1.165, 1.54) is 7.11 Å². The Balaban J connectivity index is 1.43. The Labute approximate surface area is 217 Å². The fourth-order valence-electron chi connectivity index (χ4n) is 5.39. The Morgan fingerprint density at radius 2 is 1.82 bits per heavy atom. The van der Waals surface area contributed by atoms with Crippen molar-refractivity contribution in [1.82, 2.24) is 14.9 Å². The quantitative estimate of drug-likeness (QED) is 0.316. The van der Waals surface area contributed by atoms with Gasteiger partial charge in [0.05, 0.1) is 41.9 Å². The van der Waals surface area contributed by atoms with Crippen molar-refractivity contribution in [1.29, 1.82) is 0 Å². The minimum absolute atomic E-state index is 0.0247. The average molecular weight is 524 g/mol. The molecule has 9 heteroatoms. The van der Waals surface area contributed by atoms with Gasteiger partial charge in [0.25, 0.3) is 5.91 Å². The van der Waals surface area contributed by atoms with Crippen LogP contribution in [0.3, 0.4) is 0 Å². The van der Waals surface area contributed by atoms with E-state index in [9.17, 15) is 22.8 Å². The van der Waals surface area contributed by atoms with Gasteiger partial charge in [-0.15, -0.1) is 0 Å². The molecular formula is C29H28F3N3O3. The summed E-state index contributed by atoms with van der Waals surface area (Å²) >= 11 is 0. The number of ether oxygens (including phenoxy) is 1. The van der Waals surface area contributed by atoms with Crippen molar-refractivity contribution in [3.8, 4) is 0 Å². The fraction of sp³-hybridized carbons (Fsp3) is 0.345. The van der Waals surface area contributed by atoms with Crippen molar-refractivity contribution in [2.75, 3.05) is 13.7 Å². The maximum atomic E-state index is 13.7. The van der Waals surface area contributed by atoms with E-state index in [1.54, 1.807) is 23.0 Å². The third kappa shape index (κ3) is 5.23. The molecule has 4 aromatic rings. The SMILES string of the molecule is COC(=O)C1CCC(CNC(=O)c2cc(C(F)(F)F)cc3ccn(Cc4nccc5ccccc45)c23)CC1. The molecule has 1 aliphatic rings. The Bertz CT molecular complexity index is 1480. The van der Waals surface area contributed by atoms with E-state index in [4.69, 9.17) is 4.74 Å². The van der Waals surface area contributed by atoms with Crippen molar-refractivity contribution in [2.24, 2.45) is 11.8 Å². The van der Waals surface area contributed by atoms with Crippen LogP contribution in [0.4, 0.5) is 13.2 Å². The van der Waals surface area contributed by atoms with Crippen molar-refractivity contribution >= 4 is 33.6 Å². The maximum absolute atomic E-state index is 13.7. The molecule has 5 rings (SSSR count). The summed E-state index contributed by atoms with van der Waals surface area (Å²) in [4.78, 5) is 29.6. The van der Waals surface area contributed by atoms with Gasteiger partial charge in [-0.1, -0.05) is 24.3 Å². The lowest BCUT2D eigenvalue weighted by Crippen LogP contribution is -2.33. The van der Waals surface area contributed by atoms with E-state index in [2.05, 4.69) is 10.3 Å². The van der Waals surface area contributed by atoms with Gasteiger partial charge in [0.2, 0.25) is 0 Å². The van der Waals surface area contributed by atoms with E-state index in [-0.39, 0.29) is 23.4 Å². The fourth-order valence-corrected chi connectivity index (χ4v) is 5.39. The van der Waals surface area contributed by atoms with E-state index in [1.807, 2.05) is 30.3 Å². The highest BCUT2D eigenvalue weighted by atomic mass is 19.4. The smallest absolute Gasteiger partial charge is 0.416 e. The summed E-state index contributed by atoms with van der Waals surface area (Å²) in [6.07, 6.45) is 1.62. The van der Waals surface area contributed by atoms with Gasteiger partial charge in [-0.25, -0.2) is 0 Å². The second-order valence-corrected chi connectivity index (χ2v) is 9.83. The van der Waals surface area contributed by atoms with Crippen LogP contribution in [0.1, 0.15) is 47.3 Å². The number of rotatable bonds is 6. The molecule has 1 amide bonds. The minimum atomic E-state index is -4.59. The molecule has 1 aliphatic carbocycles. The number of hydrogen-bond donors (Lipinski definition) is 1. The molecule has 0 saturated heterocycles. The number of amides is 1. The van der Waals surface area contributed by atoms with Crippen LogP contribution in [0.25, 0.3) is 21.7 Å². The van der Waals surface area contributed by atoms with Crippen molar-refractivity contribution in [3.63, 3.8) is 0 Å². The van der Waals surface area contributed by atoms with Gasteiger partial charge < -0.3 is 14.6 Å². The first-order chi connectivity index (χ1) is 18.2. The third-order valence-electron chi connectivity index (χ3n) is 7.44. The standard InChI is InChI=1S/C29H28F3N3O3/c1-38-28(37)20-8-6-18(7-9-20)16-34-27(36)24-15-22(29(30,31)32)14-21-11-13-35(26(21)24)17-25-23-5-3-2-4-19(23)10-12-33-25/h2-5,10-15,18,20H,6-9,16-17H2,1H3,(H,34,36). The molecule has 1 fully saturated rings. The largest absolute Gasteiger partial charge is 0.469 e. The first kappa shape index (κ1) is 25.8. The number of pyridine rings is 1. The lowest BCUT2D eigenvalue weighted by Gasteiger charge is -2.27. The van der Waals surface area contributed by atoms with Gasteiger partial charge in [0.1, 0.15) is 0 Å². The second-order valence-electron chi connectivity index (χ2n) is 9.83. The average Bonchev–Trinajstić information content (AvgIpc) is 3.33. The maximum Gasteiger partial charge on any atom is 0.416 e. The van der Waals surface area contributed by atoms with Crippen LogP contribution in [-0.2, 0) is 22.3 Å². The summed E-state index contributed by atoms with van der Waals surface area (Å²) in [5, 5.41) is 5.14. The lowest BCUT2D eigenvalue weighted by molar-refractivity contribution is -0.146. The van der Waals surface area contributed by atoms with Crippen LogP contribution in [0.15, 0.2) is 60.9 Å². The number of halogens is 3. The molecule has 0 spiro atoms. The number of aromatic nitrogens is 2. The zero-order chi connectivity index (χ0) is 26.9. The van der Waals surface area contributed by atoms with Crippen LogP contribution < -0.4 is 5.32 Å². The molecule has 0 bridgehead atoms. The second kappa shape index (κ2) is 10.5. The molecule has 0 atom stereocenters. The zero-order valence-corrected chi connectivity index (χ0v) is 20.9. The summed E-state index contributed by atoms with van der Waals surface area (Å²) in [6.45, 7) is 0.629. The Kier molecular flexibility index (Phi) is 7.10. The zero-order valence-electron chi connectivity index (χ0n) is 20.9. The van der Waals surface area contributed by atoms with Crippen molar-refractivity contribution in [2.45, 2.75) is 38.4 Å². The van der Waals surface area contributed by atoms with Crippen molar-refractivity contribution < 1.29 is 27.5 Å². The number of nitrogens with zero attached hydrogens (tertiary/aromatic N) is 2. The molecule has 1 N–H and O–H groups in total. The van der Waals surface area contributed by atoms with Crippen LogP contribution in [0, 0.1) is 11.8 Å². The van der Waals surface area contributed by atoms with Gasteiger partial charge in [0.15, 0.2) is 0 Å². The number of benzene rings is 2. The normalized spacial score (nSPS) is 18.0. The molecule has 1 saturated carbocycles. The molecule has 0 unspecified atom stereocenters. The number of carbonyl (C=O) groups excluding carboxylic acids is 2. The Morgan fingerprint density at radius 3 is 2.55 bits per heavy atom. The molecule has 0 aliphatic heterocycles. The van der Waals surface area contributed by atoms with Gasteiger partial charge >= 0.3 is 12.1 Å². The number of fused-ring (bicyclic) bond motifs is 2. The summed E-state index contributed by atoms with van der Waals surface area (Å²) < 4.78 is 47.7. The van der Waals surface area contributed by atoms with Gasteiger partial charge in [-0.3, -0.25) is 14.6 Å². The third-order valence-corrected chi connectivity index (χ3v) is 7.44. The van der Waals surface area contributed by atoms with Gasteiger partial charge in [-0.05, 0) is 61.3 Å². The highest BCUT2D eigenvalue weighted by molar-refractivity contribution is 6.06. The number of alkyl halides is 3. The van der Waals surface area contributed by atoms with E-state index < -0.39 is 17.6 Å². The van der Waals surface area contributed by atoms with Gasteiger partial charge in [0, 0.05) is 29.7 Å². The van der Waals surface area contributed by atoms with Crippen LogP contribution in [0.5, 0.6) is 0 Å². The summed E-state index contributed by atoms with van der Waals surface area (Å²) in [5.74, 6) is -0.767. The monoisotopic (exact) mass is 523 g/mol. The number of esters is 1. The molecule has 2 aromatic carbocycles. The highest BCUT2D eigenvalue weighted by Gasteiger charge is 2.33. The molecule has 198 valence electrons. The first-order valence-corrected chi connectivity index (χ1v) is 12.6. The summed E-state index contributed by atoms with van der Waals surface area (Å²) in [6, 6.07) is 13.3. The van der Waals surface area contributed by atoms with E-state index >= 15 is 0 Å². The van der Waals surface area contributed by atoms with Crippen LogP contribution in [-0.4, -0.2) is 35.1 Å². The Morgan fingerprint density at radius 1 is 1.05 bits per heavy atom. The lowest BCUT2D eigenvalue weighted by atomic mass is 9.82. The highest BCUT2D eigenvalue weighted by Crippen LogP contribution is 2.35. The van der Waals surface area contributed by atoms with Gasteiger partial charge in [-0.2, -0.15) is 13.2 Å². The minimum Gasteiger partial charge on any atom is -0.469 e. The molecular weight excluding hydrogens is 495 g/mol. The van der Waals surface area contributed by atoms with Crippen LogP contribution >= 0.6 is 0 Å². The molecule has 0 radical (unpaired) electrons. The molecule has 6 nitrogen and oxygen atoms in total. The van der Waals surface area contributed by atoms with Crippen molar-refractivity contribution in [3.05, 3.63) is 77.7 Å². The number of methoxy groups -OCH3 is 1. The Hall–Kier alpha value is -3.88. The topological polar surface area (TPSA) is 73.2 Å². The molecule has 2 heterocycles. The van der Waals surface area contributed by atoms with E-state index in [0.29, 0.717) is 36.8 Å². The number of carbonyl (C=O) groups is 2. The summed E-state index contributed by atoms with van der Waals surface area (Å²) in [7, 11) is 1.37. The number of nitrogens with one attached hydrogen (secondary N) is 1. The predicted molar refractivity (Wildman–Crippen MR) is 138 cm³/mol. The number of hydrogen-bond acceptors (Lipinski definition) is 4. The summed E-state index contributed by atoms with van der Waals surface area (Å²) in [5.41, 5.74) is 0.298. The van der Waals surface area contributed by atoms with E-state index in [0.717, 1.165) is 41.4 Å². The van der Waals surface area contributed by atoms with Crippen LogP contribution in [0.2, 0.25) is 0 Å². The predicted octanol–water partition coefficient (Wildman–Crippen LogP) is 5.97. The molecule has 38 heavy (non-hydrogen) atoms. The molecule has 2 aromatic heterocycles.